The fourth-order valence-corrected chi connectivity index (χ4v) is 1.54. The van der Waals surface area contributed by atoms with Crippen LogP contribution in [0.25, 0.3) is 0 Å². The molecule has 0 radical (unpaired) electrons. The van der Waals surface area contributed by atoms with Gasteiger partial charge in [-0.25, -0.2) is 0 Å². The molecule has 0 aliphatic heterocycles. The Balaban J connectivity index is 2.71. The molecule has 1 atom stereocenters. The minimum Gasteiger partial charge on any atom is -0.389 e. The largest absolute Gasteiger partial charge is 0.389 e. The molecule has 0 aliphatic carbocycles. The van der Waals surface area contributed by atoms with Crippen LogP contribution in [0.15, 0.2) is 0 Å². The molecule has 0 spiro atoms. The number of nitrogens with zero attached hydrogens (tertiary/aromatic N) is 2. The van der Waals surface area contributed by atoms with Gasteiger partial charge in [-0.05, 0) is 6.42 Å². The van der Waals surface area contributed by atoms with E-state index in [-0.39, 0.29) is 6.61 Å². The Morgan fingerprint density at radius 2 is 2.27 bits per heavy atom. The van der Waals surface area contributed by atoms with Crippen LogP contribution >= 0.6 is 11.3 Å². The van der Waals surface area contributed by atoms with Crippen LogP contribution in [-0.4, -0.2) is 15.3 Å². The number of hydrogen-bond donors (Lipinski definition) is 1. The Hall–Kier alpha value is -0.480. The van der Waals surface area contributed by atoms with E-state index >= 15 is 0 Å². The monoisotopic (exact) mass is 172 g/mol. The van der Waals surface area contributed by atoms with Crippen molar-refractivity contribution in [1.29, 1.82) is 0 Å². The molecular weight excluding hydrogens is 160 g/mol. The highest BCUT2D eigenvalue weighted by Gasteiger charge is 2.08. The van der Waals surface area contributed by atoms with Gasteiger partial charge in [0.1, 0.15) is 10.0 Å². The number of aromatic nitrogens is 2. The van der Waals surface area contributed by atoms with E-state index in [4.69, 9.17) is 5.11 Å². The maximum atomic E-state index is 8.71. The third-order valence-corrected chi connectivity index (χ3v) is 2.79. The molecule has 1 heterocycles. The highest BCUT2D eigenvalue weighted by atomic mass is 32.1. The summed E-state index contributed by atoms with van der Waals surface area (Å²) in [6, 6.07) is 0. The summed E-state index contributed by atoms with van der Waals surface area (Å²) in [5, 5.41) is 18.2. The second kappa shape index (κ2) is 3.78. The molecule has 11 heavy (non-hydrogen) atoms. The first-order valence-corrected chi connectivity index (χ1v) is 4.52. The molecule has 1 N–H and O–H groups in total. The first-order chi connectivity index (χ1) is 5.27. The minimum atomic E-state index is 0.00804. The highest BCUT2D eigenvalue weighted by Crippen LogP contribution is 2.21. The Kier molecular flexibility index (Phi) is 2.96. The zero-order chi connectivity index (χ0) is 8.27. The lowest BCUT2D eigenvalue weighted by Crippen LogP contribution is -1.88. The van der Waals surface area contributed by atoms with Crippen LogP contribution in [0.4, 0.5) is 0 Å². The van der Waals surface area contributed by atoms with Crippen LogP contribution in [-0.2, 0) is 6.61 Å². The fourth-order valence-electron chi connectivity index (χ4n) is 0.704. The van der Waals surface area contributed by atoms with E-state index in [0.717, 1.165) is 11.4 Å². The summed E-state index contributed by atoms with van der Waals surface area (Å²) in [6.45, 7) is 4.24. The van der Waals surface area contributed by atoms with Crippen molar-refractivity contribution in [3.63, 3.8) is 0 Å². The number of hydrogen-bond acceptors (Lipinski definition) is 4. The smallest absolute Gasteiger partial charge is 0.143 e. The molecule has 1 aromatic rings. The zero-order valence-electron chi connectivity index (χ0n) is 6.74. The van der Waals surface area contributed by atoms with Gasteiger partial charge >= 0.3 is 0 Å². The second-order valence-electron chi connectivity index (χ2n) is 2.50. The summed E-state index contributed by atoms with van der Waals surface area (Å²) in [7, 11) is 0. The fraction of sp³-hybridized carbons (Fsp3) is 0.714. The first-order valence-electron chi connectivity index (χ1n) is 3.71. The van der Waals surface area contributed by atoms with E-state index in [0.29, 0.717) is 10.9 Å². The van der Waals surface area contributed by atoms with Crippen molar-refractivity contribution in [2.45, 2.75) is 32.8 Å². The highest BCUT2D eigenvalue weighted by molar-refractivity contribution is 7.11. The molecule has 1 aromatic heterocycles. The molecule has 0 fully saturated rings. The average molecular weight is 172 g/mol. The molecule has 0 aliphatic rings. The van der Waals surface area contributed by atoms with Crippen molar-refractivity contribution in [2.75, 3.05) is 0 Å². The molecule has 0 saturated heterocycles. The third-order valence-electron chi connectivity index (χ3n) is 1.65. The van der Waals surface area contributed by atoms with Gasteiger partial charge in [0.05, 0.1) is 6.61 Å². The van der Waals surface area contributed by atoms with E-state index in [9.17, 15) is 0 Å². The lowest BCUT2D eigenvalue weighted by molar-refractivity contribution is 0.280. The number of rotatable bonds is 3. The lowest BCUT2D eigenvalue weighted by atomic mass is 10.1. The van der Waals surface area contributed by atoms with Crippen LogP contribution in [0.5, 0.6) is 0 Å². The quantitative estimate of drug-likeness (QED) is 0.752. The molecule has 0 bridgehead atoms. The van der Waals surface area contributed by atoms with Crippen molar-refractivity contribution in [3.05, 3.63) is 10.0 Å². The molecular formula is C7H12N2OS. The number of aliphatic hydroxyl groups excluding tert-OH is 1. The van der Waals surface area contributed by atoms with Crippen LogP contribution in [0.3, 0.4) is 0 Å². The Morgan fingerprint density at radius 1 is 1.55 bits per heavy atom. The van der Waals surface area contributed by atoms with Crippen molar-refractivity contribution in [1.82, 2.24) is 10.2 Å². The molecule has 0 aromatic carbocycles. The van der Waals surface area contributed by atoms with Gasteiger partial charge in [-0.15, -0.1) is 10.2 Å². The van der Waals surface area contributed by atoms with E-state index < -0.39 is 0 Å². The van der Waals surface area contributed by atoms with Crippen molar-refractivity contribution < 1.29 is 5.11 Å². The van der Waals surface area contributed by atoms with E-state index in [1.807, 2.05) is 0 Å². The normalized spacial score (nSPS) is 13.4. The van der Waals surface area contributed by atoms with Crippen molar-refractivity contribution in [2.24, 2.45) is 0 Å². The molecule has 1 rings (SSSR count). The summed E-state index contributed by atoms with van der Waals surface area (Å²) >= 11 is 1.49. The van der Waals surface area contributed by atoms with E-state index in [1.54, 1.807) is 0 Å². The van der Waals surface area contributed by atoms with Gasteiger partial charge in [0.25, 0.3) is 0 Å². The second-order valence-corrected chi connectivity index (χ2v) is 3.60. The van der Waals surface area contributed by atoms with Gasteiger partial charge in [-0.1, -0.05) is 25.2 Å². The van der Waals surface area contributed by atoms with Gasteiger partial charge in [-0.2, -0.15) is 0 Å². The molecule has 0 amide bonds. The van der Waals surface area contributed by atoms with Crippen LogP contribution in [0.2, 0.25) is 0 Å². The maximum Gasteiger partial charge on any atom is 0.143 e. The summed E-state index contributed by atoms with van der Waals surface area (Å²) < 4.78 is 0. The average Bonchev–Trinajstić information content (AvgIpc) is 2.50. The predicted octanol–water partition coefficient (Wildman–Crippen LogP) is 1.54. The maximum absolute atomic E-state index is 8.71. The van der Waals surface area contributed by atoms with Gasteiger partial charge in [0, 0.05) is 5.92 Å². The Morgan fingerprint density at radius 3 is 2.73 bits per heavy atom. The van der Waals surface area contributed by atoms with Crippen LogP contribution in [0.1, 0.15) is 36.2 Å². The van der Waals surface area contributed by atoms with Crippen molar-refractivity contribution in [3.8, 4) is 0 Å². The molecule has 4 heteroatoms. The molecule has 0 unspecified atom stereocenters. The summed E-state index contributed by atoms with van der Waals surface area (Å²) in [6.07, 6.45) is 1.07. The van der Waals surface area contributed by atoms with Crippen molar-refractivity contribution >= 4 is 11.3 Å². The summed E-state index contributed by atoms with van der Waals surface area (Å²) in [5.41, 5.74) is 0. The van der Waals surface area contributed by atoms with Gasteiger partial charge < -0.3 is 5.11 Å². The zero-order valence-corrected chi connectivity index (χ0v) is 7.56. The molecule has 3 nitrogen and oxygen atoms in total. The topological polar surface area (TPSA) is 46.0 Å². The minimum absolute atomic E-state index is 0.00804. The number of aliphatic hydroxyl groups is 1. The predicted molar refractivity (Wildman–Crippen MR) is 44.5 cm³/mol. The van der Waals surface area contributed by atoms with E-state index in [1.165, 1.54) is 11.3 Å². The van der Waals surface area contributed by atoms with Gasteiger partial charge in [-0.3, -0.25) is 0 Å². The molecule has 62 valence electrons. The Bertz CT molecular complexity index is 224. The van der Waals surface area contributed by atoms with Gasteiger partial charge in [0.15, 0.2) is 0 Å². The summed E-state index contributed by atoms with van der Waals surface area (Å²) in [5.74, 6) is 0.466. The SMILES string of the molecule is CC[C@@H](C)c1nnc(CO)s1. The standard InChI is InChI=1S/C7H12N2OS/c1-3-5(2)7-9-8-6(4-10)11-7/h5,10H,3-4H2,1-2H3/t5-/m1/s1. The first kappa shape index (κ1) is 8.62. The third kappa shape index (κ3) is 1.97. The van der Waals surface area contributed by atoms with Gasteiger partial charge in [0.2, 0.25) is 0 Å². The lowest BCUT2D eigenvalue weighted by Gasteiger charge is -1.99. The summed E-state index contributed by atoms with van der Waals surface area (Å²) in [4.78, 5) is 0. The van der Waals surface area contributed by atoms with Crippen LogP contribution < -0.4 is 0 Å². The van der Waals surface area contributed by atoms with Crippen LogP contribution in [0, 0.1) is 0 Å². The Labute approximate surface area is 70.1 Å². The van der Waals surface area contributed by atoms with E-state index in [2.05, 4.69) is 24.0 Å². The molecule has 0 saturated carbocycles.